The molecule has 3 fully saturated rings. The molecule has 3 aliphatic heterocycles. The van der Waals surface area contributed by atoms with Gasteiger partial charge in [-0.25, -0.2) is 4.79 Å². The van der Waals surface area contributed by atoms with E-state index in [4.69, 9.17) is 11.6 Å². The number of carbonyl (C=O) groups excluding carboxylic acids is 4. The van der Waals surface area contributed by atoms with E-state index in [2.05, 4.69) is 5.32 Å². The summed E-state index contributed by atoms with van der Waals surface area (Å²) >= 11 is 6.25. The number of nitrogens with zero attached hydrogens (tertiary/aromatic N) is 4. The molecule has 3 heterocycles. The fourth-order valence-corrected chi connectivity index (χ4v) is 4.36. The van der Waals surface area contributed by atoms with E-state index in [9.17, 15) is 19.2 Å². The molecule has 1 N–H and O–H groups in total. The van der Waals surface area contributed by atoms with E-state index in [-0.39, 0.29) is 11.9 Å². The summed E-state index contributed by atoms with van der Waals surface area (Å²) in [7, 11) is 0. The highest BCUT2D eigenvalue weighted by molar-refractivity contribution is 6.35. The number of carbonyl (C=O) groups is 4. The summed E-state index contributed by atoms with van der Waals surface area (Å²) in [6.45, 7) is 3.19. The second kappa shape index (κ2) is 9.13. The first kappa shape index (κ1) is 21.4. The van der Waals surface area contributed by atoms with Crippen LogP contribution in [0.25, 0.3) is 0 Å². The minimum absolute atomic E-state index is 0.0591. The van der Waals surface area contributed by atoms with Gasteiger partial charge >= 0.3 is 17.8 Å². The number of hydrogen-bond acceptors (Lipinski definition) is 4. The van der Waals surface area contributed by atoms with Crippen LogP contribution in [-0.2, 0) is 14.4 Å². The highest BCUT2D eigenvalue weighted by atomic mass is 35.5. The maximum absolute atomic E-state index is 12.7. The van der Waals surface area contributed by atoms with Crippen molar-refractivity contribution in [2.24, 2.45) is 0 Å². The summed E-state index contributed by atoms with van der Waals surface area (Å²) in [4.78, 5) is 55.9. The Hall–Kier alpha value is -2.81. The van der Waals surface area contributed by atoms with Crippen molar-refractivity contribution in [3.63, 3.8) is 0 Å². The van der Waals surface area contributed by atoms with Crippen LogP contribution >= 0.6 is 11.6 Å². The molecule has 3 saturated heterocycles. The second-order valence-corrected chi connectivity index (χ2v) is 8.43. The molecule has 4 rings (SSSR count). The fourth-order valence-electron chi connectivity index (χ4n) is 4.20. The number of hydrogen-bond donors (Lipinski definition) is 1. The predicted octanol–water partition coefficient (Wildman–Crippen LogP) is 1.77. The number of urea groups is 1. The molecule has 0 unspecified atom stereocenters. The minimum Gasteiger partial charge on any atom is -0.334 e. The van der Waals surface area contributed by atoms with Gasteiger partial charge in [0.2, 0.25) is 5.91 Å². The van der Waals surface area contributed by atoms with Crippen LogP contribution in [0.1, 0.15) is 25.7 Å². The zero-order valence-corrected chi connectivity index (χ0v) is 18.1. The Kier molecular flexibility index (Phi) is 6.31. The zero-order valence-electron chi connectivity index (χ0n) is 17.3. The number of rotatable bonds is 2. The van der Waals surface area contributed by atoms with Crippen molar-refractivity contribution in [2.75, 3.05) is 56.0 Å². The molecule has 0 aromatic heterocycles. The summed E-state index contributed by atoms with van der Waals surface area (Å²) in [6.07, 6.45) is 3.20. The fraction of sp³-hybridized carbons (Fsp3) is 0.524. The Labute approximate surface area is 185 Å². The third kappa shape index (κ3) is 4.61. The average Bonchev–Trinajstić information content (AvgIpc) is 3.46. The highest BCUT2D eigenvalue weighted by Crippen LogP contribution is 2.30. The maximum atomic E-state index is 12.7. The first-order valence-corrected chi connectivity index (χ1v) is 11.1. The number of halogens is 1. The van der Waals surface area contributed by atoms with E-state index >= 15 is 0 Å². The molecule has 5 amide bonds. The molecule has 0 radical (unpaired) electrons. The van der Waals surface area contributed by atoms with Crippen LogP contribution in [0.2, 0.25) is 5.02 Å². The molecule has 0 atom stereocenters. The molecule has 1 aromatic rings. The number of likely N-dealkylation sites (tertiary alicyclic amines) is 1. The first-order valence-electron chi connectivity index (χ1n) is 10.7. The largest absolute Gasteiger partial charge is 0.334 e. The van der Waals surface area contributed by atoms with Crippen LogP contribution in [-0.4, -0.2) is 84.3 Å². The van der Waals surface area contributed by atoms with Gasteiger partial charge in [-0.2, -0.15) is 0 Å². The van der Waals surface area contributed by atoms with Crippen LogP contribution < -0.4 is 10.2 Å². The van der Waals surface area contributed by atoms with Gasteiger partial charge in [-0.15, -0.1) is 0 Å². The van der Waals surface area contributed by atoms with Gasteiger partial charge in [0.15, 0.2) is 0 Å². The number of nitrogens with one attached hydrogen (secondary N) is 1. The normalized spacial score (nSPS) is 19.2. The molecular weight excluding hydrogens is 422 g/mol. The van der Waals surface area contributed by atoms with E-state index in [1.165, 1.54) is 4.90 Å². The lowest BCUT2D eigenvalue weighted by molar-refractivity contribution is -0.152. The van der Waals surface area contributed by atoms with E-state index < -0.39 is 11.8 Å². The van der Waals surface area contributed by atoms with E-state index in [1.807, 2.05) is 0 Å². The van der Waals surface area contributed by atoms with Gasteiger partial charge in [0, 0.05) is 57.9 Å². The summed E-state index contributed by atoms with van der Waals surface area (Å²) in [5, 5.41) is 3.19. The molecule has 166 valence electrons. The Morgan fingerprint density at radius 2 is 1.42 bits per heavy atom. The molecule has 0 aliphatic carbocycles. The van der Waals surface area contributed by atoms with Crippen molar-refractivity contribution >= 4 is 46.7 Å². The predicted molar refractivity (Wildman–Crippen MR) is 116 cm³/mol. The van der Waals surface area contributed by atoms with Crippen LogP contribution in [0.5, 0.6) is 0 Å². The standard InChI is InChI=1S/C21H26ClN5O4/c22-16-6-5-15(27-9-3-4-18(27)28)14-17(16)23-21(31)26-12-10-25(11-13-26)20(30)19(29)24-7-1-2-8-24/h5-6,14H,1-4,7-13H2,(H,23,31). The Morgan fingerprint density at radius 1 is 0.806 bits per heavy atom. The third-order valence-corrected chi connectivity index (χ3v) is 6.34. The summed E-state index contributed by atoms with van der Waals surface area (Å²) < 4.78 is 0. The van der Waals surface area contributed by atoms with Gasteiger partial charge in [-0.1, -0.05) is 11.6 Å². The van der Waals surface area contributed by atoms with Crippen molar-refractivity contribution in [3.8, 4) is 0 Å². The number of benzene rings is 1. The smallest absolute Gasteiger partial charge is 0.322 e. The Bertz CT molecular complexity index is 894. The lowest BCUT2D eigenvalue weighted by Crippen LogP contribution is -2.54. The van der Waals surface area contributed by atoms with Crippen LogP contribution in [0, 0.1) is 0 Å². The monoisotopic (exact) mass is 447 g/mol. The number of anilines is 2. The summed E-state index contributed by atoms with van der Waals surface area (Å²) in [5.41, 5.74) is 1.14. The number of piperazine rings is 1. The zero-order chi connectivity index (χ0) is 22.0. The topological polar surface area (TPSA) is 93.3 Å². The van der Waals surface area contributed by atoms with Crippen molar-refractivity contribution in [2.45, 2.75) is 25.7 Å². The molecule has 31 heavy (non-hydrogen) atoms. The minimum atomic E-state index is -0.493. The molecule has 10 heteroatoms. The Morgan fingerprint density at radius 3 is 2.03 bits per heavy atom. The van der Waals surface area contributed by atoms with Crippen molar-refractivity contribution in [1.29, 1.82) is 0 Å². The first-order chi connectivity index (χ1) is 14.9. The summed E-state index contributed by atoms with van der Waals surface area (Å²) in [6, 6.07) is 4.81. The Balaban J connectivity index is 1.33. The molecule has 0 saturated carbocycles. The average molecular weight is 448 g/mol. The molecule has 3 aliphatic rings. The van der Waals surface area contributed by atoms with Crippen LogP contribution in [0.3, 0.4) is 0 Å². The highest BCUT2D eigenvalue weighted by Gasteiger charge is 2.32. The van der Waals surface area contributed by atoms with Gasteiger partial charge in [0.05, 0.1) is 10.7 Å². The van der Waals surface area contributed by atoms with Crippen molar-refractivity contribution < 1.29 is 19.2 Å². The molecule has 0 bridgehead atoms. The van der Waals surface area contributed by atoms with Crippen molar-refractivity contribution in [1.82, 2.24) is 14.7 Å². The van der Waals surface area contributed by atoms with Gasteiger partial charge < -0.3 is 24.9 Å². The van der Waals surface area contributed by atoms with Crippen molar-refractivity contribution in [3.05, 3.63) is 23.2 Å². The van der Waals surface area contributed by atoms with Crippen LogP contribution in [0.15, 0.2) is 18.2 Å². The molecule has 9 nitrogen and oxygen atoms in total. The quantitative estimate of drug-likeness (QED) is 0.699. The second-order valence-electron chi connectivity index (χ2n) is 8.02. The summed E-state index contributed by atoms with van der Waals surface area (Å²) in [5.74, 6) is -0.882. The number of amides is 5. The van der Waals surface area contributed by atoms with Gasteiger partial charge in [0.1, 0.15) is 0 Å². The molecular formula is C21H26ClN5O4. The SMILES string of the molecule is O=C(Nc1cc(N2CCCC2=O)ccc1Cl)N1CCN(C(=O)C(=O)N2CCCC2)CC1. The maximum Gasteiger partial charge on any atom is 0.322 e. The lowest BCUT2D eigenvalue weighted by Gasteiger charge is -2.35. The van der Waals surface area contributed by atoms with Crippen LogP contribution in [0.4, 0.5) is 16.2 Å². The van der Waals surface area contributed by atoms with Gasteiger partial charge in [0.25, 0.3) is 0 Å². The molecule has 1 aromatic carbocycles. The van der Waals surface area contributed by atoms with Gasteiger partial charge in [-0.05, 0) is 37.5 Å². The van der Waals surface area contributed by atoms with E-state index in [0.29, 0.717) is 68.6 Å². The third-order valence-electron chi connectivity index (χ3n) is 6.01. The molecule has 0 spiro atoms. The van der Waals surface area contributed by atoms with E-state index in [1.54, 1.807) is 32.9 Å². The van der Waals surface area contributed by atoms with Gasteiger partial charge in [-0.3, -0.25) is 14.4 Å². The van der Waals surface area contributed by atoms with E-state index in [0.717, 1.165) is 19.3 Å². The lowest BCUT2D eigenvalue weighted by atomic mass is 10.2.